The van der Waals surface area contributed by atoms with Gasteiger partial charge in [0.25, 0.3) is 0 Å². The fourth-order valence-corrected chi connectivity index (χ4v) is 8.83. The van der Waals surface area contributed by atoms with Crippen molar-refractivity contribution in [3.63, 3.8) is 0 Å². The Labute approximate surface area is 504 Å². The molecule has 0 spiro atoms. The maximum atomic E-state index is 14.1. The number of Topliss-reactive ketones (excluding diaryl/α,β-unsaturated/α-hetero) is 1. The topological polar surface area (TPSA) is 458 Å². The molecule has 30 nitrogen and oxygen atoms in total. The standard InChI is InChI=1S/C56H103N7O23/c1-33(2)50(77)39(18-8-13-23-57-47(75)21-11-16-27-83-56-49(61-38(7)73)52(79)51(78)45(32-68)86-56)63-53(80)40(62-48(76)22-12-17-26-82-55(42(29-65)60-37(6)72)85-44(31-67)35(4)70)19-9-14-24-58-46(74)20-10-15-25-81-54(41(28-64)59-36(5)71)84-43(30-66)34(3)69/h33-35,39-45,49,51-52,54-56,64-70,78-79H,8-32H2,1-7H3,(H,57,75)(H,58,74)(H,59,71)(H,60,72)(H,61,73)(H,62,76)(H,63,80)/t34-,35-,39?,40?,41+,42+,43?,44?,45?,49?,51?,52?,54?,55?,56?/m1/s1. The summed E-state index contributed by atoms with van der Waals surface area (Å²) in [6, 6.07) is -5.17. The minimum absolute atomic E-state index is 0.0292. The van der Waals surface area contributed by atoms with Gasteiger partial charge in [-0.3, -0.25) is 38.4 Å². The number of ketones is 1. The third-order valence-electron chi connectivity index (χ3n) is 13.7. The Kier molecular flexibility index (Phi) is 42.1. The molecule has 1 heterocycles. The number of amides is 7. The van der Waals surface area contributed by atoms with E-state index in [2.05, 4.69) is 37.2 Å². The Bertz CT molecular complexity index is 1960. The summed E-state index contributed by atoms with van der Waals surface area (Å²) in [7, 11) is 0. The number of hydrogen-bond donors (Lipinski definition) is 16. The molecule has 11 unspecified atom stereocenters. The second-order valence-electron chi connectivity index (χ2n) is 21.8. The van der Waals surface area contributed by atoms with Crippen LogP contribution in [0.5, 0.6) is 0 Å². The lowest BCUT2D eigenvalue weighted by Crippen LogP contribution is -2.64. The summed E-state index contributed by atoms with van der Waals surface area (Å²) in [6.07, 6.45) is -7.79. The molecule has 0 radical (unpaired) electrons. The van der Waals surface area contributed by atoms with Gasteiger partial charge in [0.1, 0.15) is 54.7 Å². The van der Waals surface area contributed by atoms with Crippen molar-refractivity contribution in [1.29, 1.82) is 0 Å². The van der Waals surface area contributed by atoms with E-state index in [1.54, 1.807) is 13.8 Å². The summed E-state index contributed by atoms with van der Waals surface area (Å²) in [4.78, 5) is 102. The summed E-state index contributed by atoms with van der Waals surface area (Å²) in [6.45, 7) is 7.60. The molecule has 1 fully saturated rings. The van der Waals surface area contributed by atoms with Crippen molar-refractivity contribution in [2.24, 2.45) is 5.92 Å². The van der Waals surface area contributed by atoms with Gasteiger partial charge < -0.3 is 112 Å². The van der Waals surface area contributed by atoms with E-state index in [-0.39, 0.29) is 95.5 Å². The zero-order valence-electron chi connectivity index (χ0n) is 51.2. The van der Waals surface area contributed by atoms with Crippen molar-refractivity contribution < 1.29 is 113 Å². The first-order valence-electron chi connectivity index (χ1n) is 29.9. The van der Waals surface area contributed by atoms with Crippen LogP contribution in [0.15, 0.2) is 0 Å². The zero-order chi connectivity index (χ0) is 64.7. The van der Waals surface area contributed by atoms with E-state index < -0.39 is 160 Å². The monoisotopic (exact) mass is 1240 g/mol. The molecular formula is C56H103N7O23. The highest BCUT2D eigenvalue weighted by atomic mass is 16.7. The molecule has 86 heavy (non-hydrogen) atoms. The number of unbranched alkanes of at least 4 members (excludes halogenated alkanes) is 5. The molecule has 1 aliphatic rings. The average molecular weight is 1240 g/mol. The number of ether oxygens (including phenoxy) is 6. The molecule has 500 valence electrons. The van der Waals surface area contributed by atoms with E-state index in [9.17, 15) is 84.3 Å². The van der Waals surface area contributed by atoms with Crippen LogP contribution < -0.4 is 37.2 Å². The molecule has 0 aromatic heterocycles. The average Bonchev–Trinajstić information content (AvgIpc) is 1.55. The van der Waals surface area contributed by atoms with Crippen molar-refractivity contribution in [2.75, 3.05) is 65.9 Å². The minimum Gasteiger partial charge on any atom is -0.394 e. The van der Waals surface area contributed by atoms with E-state index >= 15 is 0 Å². The van der Waals surface area contributed by atoms with E-state index in [4.69, 9.17) is 28.4 Å². The Balaban J connectivity index is 2.94. The van der Waals surface area contributed by atoms with Crippen molar-refractivity contribution in [1.82, 2.24) is 37.2 Å². The lowest BCUT2D eigenvalue weighted by Gasteiger charge is -2.42. The quantitative estimate of drug-likeness (QED) is 0.0207. The summed E-state index contributed by atoms with van der Waals surface area (Å²) < 4.78 is 34.1. The normalized spacial score (nSPS) is 20.4. The molecule has 0 bridgehead atoms. The van der Waals surface area contributed by atoms with Gasteiger partial charge in [-0.2, -0.15) is 0 Å². The second-order valence-corrected chi connectivity index (χ2v) is 21.8. The number of aliphatic hydroxyl groups excluding tert-OH is 9. The van der Waals surface area contributed by atoms with Crippen LogP contribution in [0.25, 0.3) is 0 Å². The molecule has 0 aromatic rings. The molecule has 0 aromatic carbocycles. The number of carbonyl (C=O) groups is 8. The minimum atomic E-state index is -1.46. The lowest BCUT2D eigenvalue weighted by molar-refractivity contribution is -0.270. The molecule has 0 aliphatic carbocycles. The highest BCUT2D eigenvalue weighted by Gasteiger charge is 2.45. The maximum absolute atomic E-state index is 14.1. The predicted octanol–water partition coefficient (Wildman–Crippen LogP) is -3.58. The Hall–Kier alpha value is -4.64. The molecule has 30 heteroatoms. The Morgan fingerprint density at radius 3 is 1.37 bits per heavy atom. The fourth-order valence-electron chi connectivity index (χ4n) is 8.83. The van der Waals surface area contributed by atoms with E-state index in [1.807, 2.05) is 0 Å². The van der Waals surface area contributed by atoms with Gasteiger partial charge in [0, 0.05) is 78.9 Å². The van der Waals surface area contributed by atoms with Crippen LogP contribution in [0.4, 0.5) is 0 Å². The van der Waals surface area contributed by atoms with Crippen LogP contribution in [0, 0.1) is 5.92 Å². The van der Waals surface area contributed by atoms with Gasteiger partial charge in [-0.05, 0) is 90.9 Å². The van der Waals surface area contributed by atoms with Gasteiger partial charge >= 0.3 is 0 Å². The molecular weight excluding hydrogens is 1140 g/mol. The Morgan fingerprint density at radius 2 is 0.965 bits per heavy atom. The SMILES string of the molecule is CC(=O)NC1C(OCCCCC(=O)NCCCCC(NC(=O)C(CCCCNC(=O)CCCCOC(OC(CO)[C@@H](C)O)[C@H](CO)NC(C)=O)NC(=O)CCCCOC(OC(CO)[C@@H](C)O)[C@H](CO)NC(C)=O)C(=O)C(C)C)OC(CO)C(O)C1O. The summed E-state index contributed by atoms with van der Waals surface area (Å²) in [5.41, 5.74) is 0. The molecule has 1 rings (SSSR count). The number of nitrogens with one attached hydrogen (secondary N) is 7. The van der Waals surface area contributed by atoms with E-state index in [0.29, 0.717) is 51.4 Å². The van der Waals surface area contributed by atoms with E-state index in [1.165, 1.54) is 34.6 Å². The predicted molar refractivity (Wildman–Crippen MR) is 306 cm³/mol. The van der Waals surface area contributed by atoms with Gasteiger partial charge in [-0.15, -0.1) is 0 Å². The third-order valence-corrected chi connectivity index (χ3v) is 13.7. The van der Waals surface area contributed by atoms with E-state index in [0.717, 1.165) is 0 Å². The molecule has 1 aliphatic heterocycles. The first-order valence-corrected chi connectivity index (χ1v) is 29.9. The second kappa shape index (κ2) is 45.6. The van der Waals surface area contributed by atoms with Crippen LogP contribution in [-0.2, 0) is 66.8 Å². The first kappa shape index (κ1) is 79.4. The maximum Gasteiger partial charge on any atom is 0.243 e. The van der Waals surface area contributed by atoms with Crippen LogP contribution >= 0.6 is 0 Å². The third kappa shape index (κ3) is 33.1. The van der Waals surface area contributed by atoms with Crippen LogP contribution in [-0.4, -0.2) is 251 Å². The molecule has 7 amide bonds. The number of aliphatic hydroxyl groups is 9. The Morgan fingerprint density at radius 1 is 0.512 bits per heavy atom. The highest BCUT2D eigenvalue weighted by molar-refractivity contribution is 5.93. The zero-order valence-corrected chi connectivity index (χ0v) is 51.2. The van der Waals surface area contributed by atoms with Crippen molar-refractivity contribution >= 4 is 47.1 Å². The smallest absolute Gasteiger partial charge is 0.243 e. The molecule has 0 saturated carbocycles. The first-order chi connectivity index (χ1) is 40.8. The molecule has 15 atom stereocenters. The van der Waals surface area contributed by atoms with Crippen LogP contribution in [0.2, 0.25) is 0 Å². The molecule has 16 N–H and O–H groups in total. The van der Waals surface area contributed by atoms with Gasteiger partial charge in [-0.1, -0.05) is 13.8 Å². The van der Waals surface area contributed by atoms with Crippen molar-refractivity contribution in [3.8, 4) is 0 Å². The number of hydrogen-bond acceptors (Lipinski definition) is 23. The van der Waals surface area contributed by atoms with Gasteiger partial charge in [0.2, 0.25) is 41.4 Å². The van der Waals surface area contributed by atoms with Gasteiger partial charge in [0.05, 0.1) is 51.3 Å². The van der Waals surface area contributed by atoms with Crippen molar-refractivity contribution in [3.05, 3.63) is 0 Å². The summed E-state index contributed by atoms with van der Waals surface area (Å²) >= 11 is 0. The number of carbonyl (C=O) groups excluding carboxylic acids is 8. The number of rotatable bonds is 49. The lowest BCUT2D eigenvalue weighted by atomic mass is 9.96. The van der Waals surface area contributed by atoms with Crippen LogP contribution in [0.1, 0.15) is 145 Å². The van der Waals surface area contributed by atoms with Gasteiger partial charge in [0.15, 0.2) is 24.7 Å². The van der Waals surface area contributed by atoms with Crippen molar-refractivity contribution in [2.45, 2.75) is 237 Å². The molecule has 1 saturated heterocycles. The summed E-state index contributed by atoms with van der Waals surface area (Å²) in [5.74, 6) is -3.78. The van der Waals surface area contributed by atoms with Crippen LogP contribution in [0.3, 0.4) is 0 Å². The fraction of sp³-hybridized carbons (Fsp3) is 0.857. The highest BCUT2D eigenvalue weighted by Crippen LogP contribution is 2.23. The summed E-state index contributed by atoms with van der Waals surface area (Å²) in [5, 5.41) is 108. The largest absolute Gasteiger partial charge is 0.394 e. The van der Waals surface area contributed by atoms with Gasteiger partial charge in [-0.25, -0.2) is 0 Å².